The van der Waals surface area contributed by atoms with Gasteiger partial charge >= 0.3 is 6.36 Å². The van der Waals surface area contributed by atoms with Crippen LogP contribution in [0.4, 0.5) is 24.9 Å². The Labute approximate surface area is 233 Å². The summed E-state index contributed by atoms with van der Waals surface area (Å²) in [5.41, 5.74) is 0.889. The fourth-order valence-electron chi connectivity index (χ4n) is 8.23. The summed E-state index contributed by atoms with van der Waals surface area (Å²) in [6.45, 7) is 0.808. The molecule has 3 N–H and O–H groups in total. The maximum absolute atomic E-state index is 12.8. The lowest BCUT2D eigenvalue weighted by molar-refractivity contribution is -0.274. The molecule has 1 aromatic heterocycles. The van der Waals surface area contributed by atoms with Gasteiger partial charge in [-0.25, -0.2) is 4.98 Å². The molecule has 4 bridgehead atoms. The van der Waals surface area contributed by atoms with Crippen LogP contribution >= 0.6 is 0 Å². The Kier molecular flexibility index (Phi) is 7.51. The summed E-state index contributed by atoms with van der Waals surface area (Å²) in [5, 5.41) is 20.3. The number of hydrogen-bond donors (Lipinski definition) is 3. The van der Waals surface area contributed by atoms with Crippen molar-refractivity contribution in [1.82, 2.24) is 15.3 Å². The lowest BCUT2D eigenvalue weighted by Crippen LogP contribution is -2.61. The molecular weight excluding hydrogens is 517 g/mol. The first-order valence-electron chi connectivity index (χ1n) is 14.6. The molecule has 40 heavy (non-hydrogen) atoms. The van der Waals surface area contributed by atoms with Gasteiger partial charge in [-0.15, -0.1) is 13.2 Å². The van der Waals surface area contributed by atoms with Crippen molar-refractivity contribution in [2.24, 2.45) is 23.2 Å². The molecule has 1 heterocycles. The van der Waals surface area contributed by atoms with Crippen LogP contribution in [0.5, 0.6) is 5.75 Å². The van der Waals surface area contributed by atoms with Crippen LogP contribution < -0.4 is 20.7 Å². The Bertz CT molecular complexity index is 1220. The molecule has 5 fully saturated rings. The molecule has 5 saturated carbocycles. The average Bonchev–Trinajstić information content (AvgIpc) is 2.93. The highest BCUT2D eigenvalue weighted by Gasteiger charge is 2.55. The van der Waals surface area contributed by atoms with Crippen molar-refractivity contribution >= 4 is 11.8 Å². The van der Waals surface area contributed by atoms with Crippen molar-refractivity contribution in [2.75, 3.05) is 17.2 Å². The summed E-state index contributed by atoms with van der Waals surface area (Å²) in [7, 11) is 0. The van der Waals surface area contributed by atoms with E-state index >= 15 is 0 Å². The van der Waals surface area contributed by atoms with E-state index in [2.05, 4.69) is 36.7 Å². The first-order chi connectivity index (χ1) is 19.3. The summed E-state index contributed by atoms with van der Waals surface area (Å²) in [6, 6.07) is 9.46. The summed E-state index contributed by atoms with van der Waals surface area (Å²) < 4.78 is 42.5. The molecule has 1 aromatic carbocycles. The van der Waals surface area contributed by atoms with Gasteiger partial charge in [0.15, 0.2) is 0 Å². The number of para-hydroxylation sites is 1. The monoisotopic (exact) mass is 554 g/mol. The Hall–Kier alpha value is -3.06. The van der Waals surface area contributed by atoms with Crippen LogP contribution in [-0.4, -0.2) is 35.0 Å². The predicted molar refractivity (Wildman–Crippen MR) is 145 cm³/mol. The molecule has 0 aliphatic heterocycles. The van der Waals surface area contributed by atoms with E-state index in [0.29, 0.717) is 40.9 Å². The predicted octanol–water partition coefficient (Wildman–Crippen LogP) is 6.39. The lowest BCUT2D eigenvalue weighted by Gasteiger charge is -2.61. The van der Waals surface area contributed by atoms with Crippen LogP contribution in [0.1, 0.15) is 75.3 Å². The normalized spacial score (nSPS) is 29.6. The molecule has 5 aliphatic carbocycles. The van der Waals surface area contributed by atoms with Gasteiger partial charge in [-0.2, -0.15) is 10.2 Å². The molecule has 0 spiro atoms. The summed E-state index contributed by atoms with van der Waals surface area (Å²) in [6.07, 6.45) is 9.65. The van der Waals surface area contributed by atoms with Crippen molar-refractivity contribution < 1.29 is 17.9 Å². The molecule has 5 atom stereocenters. The van der Waals surface area contributed by atoms with Crippen molar-refractivity contribution in [2.45, 2.75) is 89.2 Å². The quantitative estimate of drug-likeness (QED) is 0.331. The lowest BCUT2D eigenvalue weighted by atomic mass is 9.47. The highest BCUT2D eigenvalue weighted by atomic mass is 19.4. The number of nitrogens with one attached hydrogen (secondary N) is 3. The molecule has 214 valence electrons. The molecular formula is C30H37F3N6O. The zero-order valence-corrected chi connectivity index (χ0v) is 22.6. The van der Waals surface area contributed by atoms with Gasteiger partial charge in [-0.1, -0.05) is 37.5 Å². The largest absolute Gasteiger partial charge is 0.573 e. The van der Waals surface area contributed by atoms with Gasteiger partial charge in [0.05, 0.1) is 6.20 Å². The van der Waals surface area contributed by atoms with Gasteiger partial charge in [0.25, 0.3) is 0 Å². The van der Waals surface area contributed by atoms with E-state index in [-0.39, 0.29) is 23.7 Å². The van der Waals surface area contributed by atoms with E-state index in [1.54, 1.807) is 12.1 Å². The van der Waals surface area contributed by atoms with E-state index in [0.717, 1.165) is 12.5 Å². The average molecular weight is 555 g/mol. The third-order valence-corrected chi connectivity index (χ3v) is 9.61. The van der Waals surface area contributed by atoms with Gasteiger partial charge in [-0.05, 0) is 74.2 Å². The topological polar surface area (TPSA) is 94.9 Å². The van der Waals surface area contributed by atoms with Gasteiger partial charge in [-0.3, -0.25) is 0 Å². The number of aromatic nitrogens is 2. The number of hydrogen-bond acceptors (Lipinski definition) is 7. The van der Waals surface area contributed by atoms with E-state index in [4.69, 9.17) is 0 Å². The number of ether oxygens (including phenoxy) is 1. The SMILES string of the molecule is N#Cc1cnc(NCc2ccccc2OC(F)(F)F)nc1NC[C@@]12CC3C[C@H](C1)C(NC1CCCCC1)[C@@H](C3)C2. The van der Waals surface area contributed by atoms with E-state index in [9.17, 15) is 18.4 Å². The van der Waals surface area contributed by atoms with Crippen LogP contribution in [0.15, 0.2) is 30.5 Å². The Balaban J connectivity index is 1.11. The Morgan fingerprint density at radius 2 is 1.77 bits per heavy atom. The molecule has 2 aromatic rings. The smallest absolute Gasteiger partial charge is 0.405 e. The van der Waals surface area contributed by atoms with E-state index in [1.807, 2.05) is 0 Å². The Morgan fingerprint density at radius 1 is 1.02 bits per heavy atom. The summed E-state index contributed by atoms with van der Waals surface area (Å²) in [4.78, 5) is 8.75. The second kappa shape index (κ2) is 11.1. The van der Waals surface area contributed by atoms with E-state index in [1.165, 1.54) is 82.5 Å². The number of nitrogens with zero attached hydrogens (tertiary/aromatic N) is 3. The maximum atomic E-state index is 12.8. The fourth-order valence-corrected chi connectivity index (χ4v) is 8.23. The van der Waals surface area contributed by atoms with Crippen LogP contribution in [0, 0.1) is 34.5 Å². The third-order valence-electron chi connectivity index (χ3n) is 9.61. The number of halogens is 3. The highest BCUT2D eigenvalue weighted by Crippen LogP contribution is 2.60. The van der Waals surface area contributed by atoms with Gasteiger partial charge in [0.2, 0.25) is 5.95 Å². The fraction of sp³-hybridized carbons (Fsp3) is 0.633. The first kappa shape index (κ1) is 27.1. The second-order valence-electron chi connectivity index (χ2n) is 12.4. The minimum Gasteiger partial charge on any atom is -0.405 e. The van der Waals surface area contributed by atoms with Crippen LogP contribution in [0.25, 0.3) is 0 Å². The molecule has 10 heteroatoms. The summed E-state index contributed by atoms with van der Waals surface area (Å²) >= 11 is 0. The number of anilines is 2. The van der Waals surface area contributed by atoms with Crippen molar-refractivity contribution in [3.05, 3.63) is 41.6 Å². The maximum Gasteiger partial charge on any atom is 0.573 e. The van der Waals surface area contributed by atoms with Crippen molar-refractivity contribution in [1.29, 1.82) is 5.26 Å². The number of alkyl halides is 3. The zero-order chi connectivity index (χ0) is 27.7. The minimum absolute atomic E-state index is 0.0436. The molecule has 0 saturated heterocycles. The van der Waals surface area contributed by atoms with E-state index < -0.39 is 6.36 Å². The van der Waals surface area contributed by atoms with Crippen LogP contribution in [-0.2, 0) is 6.54 Å². The zero-order valence-electron chi connectivity index (χ0n) is 22.6. The van der Waals surface area contributed by atoms with Crippen LogP contribution in [0.3, 0.4) is 0 Å². The van der Waals surface area contributed by atoms with Gasteiger partial charge in [0, 0.05) is 30.7 Å². The Morgan fingerprint density at radius 3 is 2.50 bits per heavy atom. The molecule has 7 nitrogen and oxygen atoms in total. The highest BCUT2D eigenvalue weighted by molar-refractivity contribution is 5.53. The number of benzene rings is 1. The molecule has 7 rings (SSSR count). The number of rotatable bonds is 9. The third kappa shape index (κ3) is 5.99. The molecule has 0 radical (unpaired) electrons. The standard InChI is InChI=1S/C30H37F3N6O/c31-30(32,33)40-25-9-5-4-6-20(25)16-35-28-36-17-23(15-34)27(39-28)37-18-29-12-19-10-21(13-29)26(22(11-19)14-29)38-24-7-2-1-3-8-24/h4-6,9,17,19,21-22,24,26,38H,1-3,7-8,10-14,16,18H2,(H2,35,36,37,39)/t19?,21-,22+,26?,29+. The molecule has 0 amide bonds. The first-order valence-corrected chi connectivity index (χ1v) is 14.6. The number of nitriles is 1. The van der Waals surface area contributed by atoms with Crippen molar-refractivity contribution in [3.63, 3.8) is 0 Å². The van der Waals surface area contributed by atoms with Gasteiger partial charge in [0.1, 0.15) is 23.2 Å². The molecule has 2 unspecified atom stereocenters. The van der Waals surface area contributed by atoms with Crippen molar-refractivity contribution in [3.8, 4) is 11.8 Å². The van der Waals surface area contributed by atoms with Crippen LogP contribution in [0.2, 0.25) is 0 Å². The minimum atomic E-state index is -4.78. The van der Waals surface area contributed by atoms with Gasteiger partial charge < -0.3 is 20.7 Å². The summed E-state index contributed by atoms with van der Waals surface area (Å²) in [5.74, 6) is 2.64. The molecule has 5 aliphatic rings. The second-order valence-corrected chi connectivity index (χ2v) is 12.4.